The molecule has 0 aromatic heterocycles. The van der Waals surface area contributed by atoms with Crippen LogP contribution in [0.2, 0.25) is 0 Å². The number of halogens is 3. The van der Waals surface area contributed by atoms with Gasteiger partial charge in [0, 0.05) is 54.5 Å². The van der Waals surface area contributed by atoms with Gasteiger partial charge in [0.25, 0.3) is 0 Å². The van der Waals surface area contributed by atoms with E-state index < -0.39 is 153 Å². The zero-order valence-corrected chi connectivity index (χ0v) is 66.5. The van der Waals surface area contributed by atoms with Crippen molar-refractivity contribution >= 4 is 98.2 Å². The molecule has 114 heavy (non-hydrogen) atoms. The number of benzene rings is 7. The van der Waals surface area contributed by atoms with E-state index in [9.17, 15) is 37.8 Å². The molecule has 0 saturated carbocycles. The lowest BCUT2D eigenvalue weighted by Gasteiger charge is -2.44. The van der Waals surface area contributed by atoms with Gasteiger partial charge in [0.1, 0.15) is 47.6 Å². The average molecular weight is 1620 g/mol. The highest BCUT2D eigenvalue weighted by atomic mass is 33.1. The third-order valence-electron chi connectivity index (χ3n) is 19.3. The number of hydrogen-bond donors (Lipinski definition) is 12. The molecule has 0 radical (unpaired) electrons. The highest BCUT2D eigenvalue weighted by Gasteiger charge is 2.48. The molecule has 10 amide bonds. The van der Waals surface area contributed by atoms with Crippen LogP contribution >= 0.6 is 33.3 Å². The second-order valence-electron chi connectivity index (χ2n) is 29.6. The number of hydrogen-bond acceptors (Lipinski definition) is 16. The molecular formula is C85H97F3N10O13S3. The van der Waals surface area contributed by atoms with Crippen molar-refractivity contribution in [3.63, 3.8) is 0 Å². The Hall–Kier alpha value is -10.6. The van der Waals surface area contributed by atoms with Crippen molar-refractivity contribution in [1.82, 2.24) is 47.9 Å². The number of ketones is 1. The number of thioether (sulfide) groups is 1. The molecule has 7 aromatic carbocycles. The lowest BCUT2D eigenvalue weighted by Crippen LogP contribution is -2.63. The van der Waals surface area contributed by atoms with Gasteiger partial charge in [0.05, 0.1) is 22.5 Å². The number of alkyl carbamates (subject to hydrolysis) is 1. The van der Waals surface area contributed by atoms with Crippen molar-refractivity contribution in [2.45, 2.75) is 169 Å². The fourth-order valence-electron chi connectivity index (χ4n) is 13.4. The van der Waals surface area contributed by atoms with Crippen LogP contribution in [-0.2, 0) is 79.8 Å². The van der Waals surface area contributed by atoms with E-state index in [1.807, 2.05) is 121 Å². The van der Waals surface area contributed by atoms with Crippen LogP contribution < -0.4 is 53.6 Å². The number of urea groups is 1. The summed E-state index contributed by atoms with van der Waals surface area (Å²) >= 11 is 1.34. The van der Waals surface area contributed by atoms with Crippen molar-refractivity contribution in [2.24, 2.45) is 11.7 Å². The van der Waals surface area contributed by atoms with Gasteiger partial charge in [-0.25, -0.2) is 9.59 Å². The van der Waals surface area contributed by atoms with Crippen molar-refractivity contribution < 1.29 is 76.1 Å². The number of aromatic hydroxyl groups is 1. The summed E-state index contributed by atoms with van der Waals surface area (Å²) in [7, 11) is 1.86. The standard InChI is InChI=1S/C85H97F3N10O13S3/c1-52(99)71-79(108)95-69(78(107)98-72(73(89)102)83(5,6)114-84(59-26-13-8-14-27-59,60-28-15-9-16-29-60)61-30-17-10-18-31-61)51-113-112-50-68(94-76(105)66(46-53-23-11-7-12-24-53)96-80(109)91-49-55-34-40-62(41-35-55)85(86,87)88)70(101)48-58(45-54-36-42-63(100)43-37-54)74(103)93-67(47-57-39-38-56-25-19-20-32-64(56)57)77(106)92-65(75(104)97-71)33-21-22-44-90-81(110)111-82(2,3)4/h7-20,23-32,34-37,39-43,52,58,65-69,71-72,99-100H,21-22,33,38,44-51H2,1-6H3,(H2,89,102)(H,90,110)(H,92,106)(H,93,103)(H,94,105)(H,95,108)(H,97,104)(H,98,107)(H2,91,96,109)/t52-,58-,65+,66-,67-,68+,69+,71+,72-/m1/s1. The minimum absolute atomic E-state index is 0.0630. The first-order valence-electron chi connectivity index (χ1n) is 37.5. The van der Waals surface area contributed by atoms with E-state index in [-0.39, 0.29) is 63.1 Å². The molecule has 23 nitrogen and oxygen atoms in total. The Labute approximate surface area is 673 Å². The first-order chi connectivity index (χ1) is 54.3. The summed E-state index contributed by atoms with van der Waals surface area (Å²) in [6, 6.07) is 42.5. The Bertz CT molecular complexity index is 4410. The molecule has 2 aliphatic rings. The Balaban J connectivity index is 1.11. The van der Waals surface area contributed by atoms with Crippen LogP contribution in [0.5, 0.6) is 5.75 Å². The molecule has 1 aliphatic heterocycles. The van der Waals surface area contributed by atoms with E-state index in [2.05, 4.69) is 47.9 Å². The number of primary amides is 1. The molecule has 0 bridgehead atoms. The maximum atomic E-state index is 15.6. The second-order valence-corrected chi connectivity index (χ2v) is 34.0. The Morgan fingerprint density at radius 1 is 0.614 bits per heavy atom. The number of fused-ring (bicyclic) bond motifs is 1. The number of unbranched alkanes of at least 4 members (excludes halogenated alkanes) is 1. The van der Waals surface area contributed by atoms with Gasteiger partial charge in [-0.1, -0.05) is 198 Å². The maximum absolute atomic E-state index is 15.6. The fourth-order valence-corrected chi connectivity index (χ4v) is 17.6. The Morgan fingerprint density at radius 3 is 1.76 bits per heavy atom. The van der Waals surface area contributed by atoms with Crippen LogP contribution in [0, 0.1) is 5.92 Å². The summed E-state index contributed by atoms with van der Waals surface area (Å²) in [5, 5.41) is 46.6. The number of phenols is 1. The first kappa shape index (κ1) is 87.3. The molecule has 1 aliphatic carbocycles. The summed E-state index contributed by atoms with van der Waals surface area (Å²) in [6.45, 7) is 9.59. The quantitative estimate of drug-likeness (QED) is 0.0136. The molecular weight excluding hydrogens is 1520 g/mol. The number of nitrogens with two attached hydrogens (primary N) is 1. The number of nitrogens with one attached hydrogen (secondary N) is 9. The van der Waals surface area contributed by atoms with Crippen LogP contribution in [-0.4, -0.2) is 146 Å². The first-order valence-corrected chi connectivity index (χ1v) is 40.8. The molecule has 29 heteroatoms. The largest absolute Gasteiger partial charge is 0.508 e. The van der Waals surface area contributed by atoms with Gasteiger partial charge in [-0.15, -0.1) is 11.8 Å². The zero-order valence-electron chi connectivity index (χ0n) is 64.1. The topological polar surface area (TPSA) is 355 Å². The summed E-state index contributed by atoms with van der Waals surface area (Å²) in [5.74, 6) is -9.60. The summed E-state index contributed by atoms with van der Waals surface area (Å²) in [6.07, 6.45) is -5.61. The summed E-state index contributed by atoms with van der Waals surface area (Å²) in [5.41, 5.74) is 10.8. The summed E-state index contributed by atoms with van der Waals surface area (Å²) < 4.78 is 43.5. The van der Waals surface area contributed by atoms with Gasteiger partial charge in [0.2, 0.25) is 41.4 Å². The average Bonchev–Trinajstić information content (AvgIpc) is 0.828. The number of aliphatic hydroxyl groups excluding tert-OH is 1. The third-order valence-corrected chi connectivity index (χ3v) is 23.5. The van der Waals surface area contributed by atoms with E-state index >= 15 is 33.6 Å². The van der Waals surface area contributed by atoms with Crippen molar-refractivity contribution in [2.75, 3.05) is 18.1 Å². The predicted molar refractivity (Wildman–Crippen MR) is 435 cm³/mol. The number of allylic oxidation sites excluding steroid dienone is 1. The molecule has 1 saturated heterocycles. The smallest absolute Gasteiger partial charge is 0.416 e. The highest BCUT2D eigenvalue weighted by molar-refractivity contribution is 8.76. The molecule has 0 spiro atoms. The lowest BCUT2D eigenvalue weighted by atomic mass is 9.84. The van der Waals surface area contributed by atoms with Gasteiger partial charge < -0.3 is 68.5 Å². The second kappa shape index (κ2) is 40.4. The van der Waals surface area contributed by atoms with E-state index in [1.165, 1.54) is 43.0 Å². The van der Waals surface area contributed by atoms with E-state index in [0.29, 0.717) is 28.7 Å². The van der Waals surface area contributed by atoms with Crippen LogP contribution in [0.25, 0.3) is 5.57 Å². The van der Waals surface area contributed by atoms with E-state index in [0.717, 1.165) is 61.5 Å². The normalized spacial score (nSPS) is 19.1. The van der Waals surface area contributed by atoms with Crippen LogP contribution in [0.4, 0.5) is 22.8 Å². The minimum Gasteiger partial charge on any atom is -0.508 e. The van der Waals surface area contributed by atoms with Crippen LogP contribution in [0.3, 0.4) is 0 Å². The molecule has 1 heterocycles. The van der Waals surface area contributed by atoms with E-state index in [1.54, 1.807) is 77.1 Å². The fraction of sp³-hybridized carbons (Fsp3) is 0.365. The van der Waals surface area contributed by atoms with Crippen molar-refractivity contribution in [1.29, 1.82) is 0 Å². The third kappa shape index (κ3) is 24.9. The molecule has 1 fully saturated rings. The number of carbonyl (C=O) groups excluding carboxylic acids is 10. The molecule has 604 valence electrons. The molecule has 9 atom stereocenters. The Morgan fingerprint density at radius 2 is 1.18 bits per heavy atom. The number of rotatable bonds is 26. The molecule has 7 aromatic rings. The number of carbonyl (C=O) groups is 10. The maximum Gasteiger partial charge on any atom is 0.416 e. The monoisotopic (exact) mass is 1620 g/mol. The molecule has 13 N–H and O–H groups in total. The van der Waals surface area contributed by atoms with Gasteiger partial charge >= 0.3 is 18.3 Å². The van der Waals surface area contributed by atoms with Gasteiger partial charge in [0.15, 0.2) is 5.78 Å². The van der Waals surface area contributed by atoms with Crippen molar-refractivity contribution in [3.8, 4) is 5.75 Å². The van der Waals surface area contributed by atoms with Gasteiger partial charge in [-0.05, 0) is 148 Å². The highest BCUT2D eigenvalue weighted by Crippen LogP contribution is 2.54. The summed E-state index contributed by atoms with van der Waals surface area (Å²) in [4.78, 5) is 148. The minimum atomic E-state index is -4.62. The van der Waals surface area contributed by atoms with Crippen molar-refractivity contribution in [3.05, 3.63) is 250 Å². The van der Waals surface area contributed by atoms with Crippen LogP contribution in [0.15, 0.2) is 200 Å². The molecule has 0 unspecified atom stereocenters. The Kier molecular flexibility index (Phi) is 31.0. The number of alkyl halides is 3. The SMILES string of the molecule is C[C@@H](O)[C@@H]1NC(=O)[C@H](CCCCNC(=O)OC(C)(C)C)NC(=O)[C@@H](CC2=CCc3ccccc32)NC(=O)[C@H](Cc2ccc(O)cc2)CC(=O)[C@@H](NC(=O)[C@@H](Cc2ccccc2)NC(=O)NCc2ccc(C(F)(F)F)cc2)CSSC[C@@H](C(=O)N[C@H](C(N)=O)C(C)(C)SC(c2ccccc2)(c2ccccc2)c2ccccc2)NC1=O. The number of amides is 10. The van der Waals surface area contributed by atoms with Crippen LogP contribution in [0.1, 0.15) is 124 Å². The van der Waals surface area contributed by atoms with Gasteiger partial charge in [-0.3, -0.25) is 38.4 Å². The number of aliphatic hydroxyl groups is 1. The van der Waals surface area contributed by atoms with Gasteiger partial charge in [-0.2, -0.15) is 13.2 Å². The number of Topliss-reactive ketones (excluding diaryl/α,β-unsaturated/α-hetero) is 1. The number of phenolic OH excluding ortho intramolecular Hbond substituents is 1. The predicted octanol–water partition coefficient (Wildman–Crippen LogP) is 10.0. The lowest BCUT2D eigenvalue weighted by molar-refractivity contribution is -0.137. The van der Waals surface area contributed by atoms with E-state index in [4.69, 9.17) is 10.5 Å². The number of ether oxygens (including phenoxy) is 1. The zero-order chi connectivity index (χ0) is 82.3. The molecule has 9 rings (SSSR count).